The first kappa shape index (κ1) is 19.1. The van der Waals surface area contributed by atoms with Crippen LogP contribution in [0.5, 0.6) is 0 Å². The molecule has 0 spiro atoms. The number of aromatic nitrogens is 1. The molecule has 134 valence electrons. The minimum Gasteiger partial charge on any atom is -0.326 e. The highest BCUT2D eigenvalue weighted by Crippen LogP contribution is 2.29. The van der Waals surface area contributed by atoms with Crippen LogP contribution in [0.15, 0.2) is 42.6 Å². The van der Waals surface area contributed by atoms with Crippen molar-refractivity contribution in [3.63, 3.8) is 0 Å². The molecule has 1 N–H and O–H groups in total. The number of carbonyl (C=O) groups is 2. The van der Waals surface area contributed by atoms with Gasteiger partial charge in [0.1, 0.15) is 0 Å². The number of Topliss-reactive ketones (excluding diaryl/α,β-unsaturated/α-hetero) is 1. The lowest BCUT2D eigenvalue weighted by atomic mass is 9.95. The highest BCUT2D eigenvalue weighted by atomic mass is 19.4. The summed E-state index contributed by atoms with van der Waals surface area (Å²) < 4.78 is 37.8. The molecule has 1 amide bonds. The number of carbonyl (C=O) groups excluding carboxylic acids is 2. The Morgan fingerprint density at radius 1 is 1.27 bits per heavy atom. The van der Waals surface area contributed by atoms with Crippen molar-refractivity contribution in [1.82, 2.24) is 4.98 Å². The van der Waals surface area contributed by atoms with E-state index in [1.165, 1.54) is 18.2 Å². The summed E-state index contributed by atoms with van der Waals surface area (Å²) >= 11 is 0. The molecule has 0 saturated heterocycles. The number of anilines is 1. The van der Waals surface area contributed by atoms with E-state index in [-0.39, 0.29) is 23.6 Å². The van der Waals surface area contributed by atoms with E-state index in [2.05, 4.69) is 10.3 Å². The molecule has 2 aromatic rings. The minimum absolute atomic E-state index is 0.0755. The fourth-order valence-corrected chi connectivity index (χ4v) is 2.17. The molecule has 1 heterocycles. The van der Waals surface area contributed by atoms with Gasteiger partial charge in [-0.1, -0.05) is 19.1 Å². The molecule has 0 bridgehead atoms. The zero-order valence-electron chi connectivity index (χ0n) is 13.7. The quantitative estimate of drug-likeness (QED) is 0.818. The largest absolute Gasteiger partial charge is 0.417 e. The third-order valence-corrected chi connectivity index (χ3v) is 3.55. The zero-order chi connectivity index (χ0) is 19.3. The number of ketones is 1. The van der Waals surface area contributed by atoms with Crippen molar-refractivity contribution in [3.8, 4) is 6.07 Å². The fraction of sp³-hybridized carbons (Fsp3) is 0.222. The normalized spacial score (nSPS) is 12.1. The zero-order valence-corrected chi connectivity index (χ0v) is 13.7. The van der Waals surface area contributed by atoms with Crippen LogP contribution in [0.2, 0.25) is 0 Å². The van der Waals surface area contributed by atoms with Gasteiger partial charge < -0.3 is 5.32 Å². The van der Waals surface area contributed by atoms with Crippen LogP contribution in [-0.2, 0) is 11.0 Å². The van der Waals surface area contributed by atoms with E-state index >= 15 is 0 Å². The highest BCUT2D eigenvalue weighted by Gasteiger charge is 2.31. The van der Waals surface area contributed by atoms with E-state index in [1.54, 1.807) is 19.1 Å². The molecule has 0 radical (unpaired) electrons. The molecule has 8 heteroatoms. The fourth-order valence-electron chi connectivity index (χ4n) is 2.17. The molecule has 0 aliphatic rings. The van der Waals surface area contributed by atoms with Crippen LogP contribution >= 0.6 is 0 Å². The Bertz CT molecular complexity index is 855. The molecule has 1 atom stereocenters. The summed E-state index contributed by atoms with van der Waals surface area (Å²) in [6.07, 6.45) is -3.71. The SMILES string of the molecule is CCC(=O)Nc1cccc(C(=O)C(C#N)c2ccc(C(F)(F)F)cn2)c1. The van der Waals surface area contributed by atoms with E-state index < -0.39 is 23.4 Å². The number of pyridine rings is 1. The van der Waals surface area contributed by atoms with Crippen molar-refractivity contribution >= 4 is 17.4 Å². The van der Waals surface area contributed by atoms with Crippen molar-refractivity contribution in [2.75, 3.05) is 5.32 Å². The van der Waals surface area contributed by atoms with E-state index in [0.717, 1.165) is 12.1 Å². The second kappa shape index (κ2) is 7.78. The predicted molar refractivity (Wildman–Crippen MR) is 87.3 cm³/mol. The molecule has 0 aliphatic heterocycles. The molecular formula is C18H14F3N3O2. The van der Waals surface area contributed by atoms with Gasteiger partial charge >= 0.3 is 6.18 Å². The Balaban J connectivity index is 2.28. The Hall–Kier alpha value is -3.21. The summed E-state index contributed by atoms with van der Waals surface area (Å²) in [7, 11) is 0. The van der Waals surface area contributed by atoms with Gasteiger partial charge in [0.05, 0.1) is 17.3 Å². The van der Waals surface area contributed by atoms with Crippen LogP contribution in [0.3, 0.4) is 0 Å². The number of hydrogen-bond acceptors (Lipinski definition) is 4. The summed E-state index contributed by atoms with van der Waals surface area (Å²) in [4.78, 5) is 27.6. The number of nitrogens with zero attached hydrogens (tertiary/aromatic N) is 2. The maximum atomic E-state index is 12.6. The van der Waals surface area contributed by atoms with E-state index in [0.29, 0.717) is 11.9 Å². The van der Waals surface area contributed by atoms with E-state index in [9.17, 15) is 28.0 Å². The van der Waals surface area contributed by atoms with Gasteiger partial charge in [-0.05, 0) is 24.3 Å². The third-order valence-electron chi connectivity index (χ3n) is 3.55. The number of rotatable bonds is 5. The lowest BCUT2D eigenvalue weighted by Gasteiger charge is -2.11. The standard InChI is InChI=1S/C18H14F3N3O2/c1-2-16(25)24-13-5-3-4-11(8-13)17(26)14(9-22)15-7-6-12(10-23-15)18(19,20)21/h3-8,10,14H,2H2,1H3,(H,24,25). The van der Waals surface area contributed by atoms with Crippen LogP contribution in [0, 0.1) is 11.3 Å². The van der Waals surface area contributed by atoms with Crippen molar-refractivity contribution in [1.29, 1.82) is 5.26 Å². The summed E-state index contributed by atoms with van der Waals surface area (Å²) in [6.45, 7) is 1.67. The number of amides is 1. The van der Waals surface area contributed by atoms with Gasteiger partial charge in [0.15, 0.2) is 11.7 Å². The van der Waals surface area contributed by atoms with Crippen LogP contribution in [-0.4, -0.2) is 16.7 Å². The van der Waals surface area contributed by atoms with Crippen LogP contribution in [0.1, 0.15) is 40.9 Å². The molecule has 1 aromatic heterocycles. The van der Waals surface area contributed by atoms with Gasteiger partial charge in [-0.3, -0.25) is 14.6 Å². The van der Waals surface area contributed by atoms with Gasteiger partial charge in [-0.15, -0.1) is 0 Å². The molecule has 5 nitrogen and oxygen atoms in total. The minimum atomic E-state index is -4.55. The monoisotopic (exact) mass is 361 g/mol. The average molecular weight is 361 g/mol. The van der Waals surface area contributed by atoms with Crippen molar-refractivity contribution in [3.05, 3.63) is 59.4 Å². The molecule has 26 heavy (non-hydrogen) atoms. The maximum absolute atomic E-state index is 12.6. The topological polar surface area (TPSA) is 82.9 Å². The van der Waals surface area contributed by atoms with Gasteiger partial charge in [-0.25, -0.2) is 0 Å². The third kappa shape index (κ3) is 4.45. The number of nitriles is 1. The second-order valence-corrected chi connectivity index (χ2v) is 5.38. The van der Waals surface area contributed by atoms with Gasteiger partial charge in [0.25, 0.3) is 0 Å². The van der Waals surface area contributed by atoms with Crippen LogP contribution < -0.4 is 5.32 Å². The lowest BCUT2D eigenvalue weighted by Crippen LogP contribution is -2.15. The Labute approximate surface area is 147 Å². The number of nitrogens with one attached hydrogen (secondary N) is 1. The molecule has 1 aromatic carbocycles. The summed E-state index contributed by atoms with van der Waals surface area (Å²) in [5.74, 6) is -2.21. The highest BCUT2D eigenvalue weighted by molar-refractivity contribution is 6.03. The summed E-state index contributed by atoms with van der Waals surface area (Å²) in [5, 5.41) is 11.9. The van der Waals surface area contributed by atoms with Crippen LogP contribution in [0.4, 0.5) is 18.9 Å². The van der Waals surface area contributed by atoms with Gasteiger partial charge in [0.2, 0.25) is 5.91 Å². The van der Waals surface area contributed by atoms with Crippen molar-refractivity contribution < 1.29 is 22.8 Å². The Morgan fingerprint density at radius 3 is 2.54 bits per heavy atom. The predicted octanol–water partition coefficient (Wildman–Crippen LogP) is 3.94. The lowest BCUT2D eigenvalue weighted by molar-refractivity contribution is -0.137. The number of alkyl halides is 3. The maximum Gasteiger partial charge on any atom is 0.417 e. The number of halogens is 3. The molecule has 0 saturated carbocycles. The summed E-state index contributed by atoms with van der Waals surface area (Å²) in [6, 6.07) is 9.54. The average Bonchev–Trinajstić information content (AvgIpc) is 2.62. The van der Waals surface area contributed by atoms with Crippen molar-refractivity contribution in [2.45, 2.75) is 25.4 Å². The first-order valence-corrected chi connectivity index (χ1v) is 7.63. The molecular weight excluding hydrogens is 347 g/mol. The number of hydrogen-bond donors (Lipinski definition) is 1. The smallest absolute Gasteiger partial charge is 0.326 e. The molecule has 0 aliphatic carbocycles. The number of benzene rings is 1. The first-order chi connectivity index (χ1) is 12.3. The Kier molecular flexibility index (Phi) is 5.72. The molecule has 2 rings (SSSR count). The van der Waals surface area contributed by atoms with Gasteiger partial charge in [0, 0.05) is 23.9 Å². The van der Waals surface area contributed by atoms with Gasteiger partial charge in [-0.2, -0.15) is 18.4 Å². The van der Waals surface area contributed by atoms with E-state index in [4.69, 9.17) is 0 Å². The second-order valence-electron chi connectivity index (χ2n) is 5.38. The van der Waals surface area contributed by atoms with Crippen molar-refractivity contribution in [2.24, 2.45) is 0 Å². The molecule has 0 fully saturated rings. The van der Waals surface area contributed by atoms with E-state index in [1.807, 2.05) is 0 Å². The molecule has 1 unspecified atom stereocenters. The summed E-state index contributed by atoms with van der Waals surface area (Å²) in [5.41, 5.74) is -0.505. The van der Waals surface area contributed by atoms with Crippen LogP contribution in [0.25, 0.3) is 0 Å². The Morgan fingerprint density at radius 2 is 2.00 bits per heavy atom. The first-order valence-electron chi connectivity index (χ1n) is 7.63.